The molecule has 108 valence electrons. The standard InChI is InChI=1S/C13H16N2O5/c1-8(13(17)18)6-7-14-12(16)10-4-3-5-11(9(10)2)15(19)20/h3-5,8H,6-7H2,1-2H3,(H,14,16)(H,17,18). The van der Waals surface area contributed by atoms with Gasteiger partial charge in [-0.3, -0.25) is 19.7 Å². The molecule has 1 aromatic rings. The first-order valence-electron chi connectivity index (χ1n) is 6.09. The molecule has 7 heteroatoms. The molecule has 0 aliphatic rings. The molecule has 1 atom stereocenters. The number of aliphatic carboxylic acids is 1. The first-order chi connectivity index (χ1) is 9.34. The Morgan fingerprint density at radius 3 is 2.65 bits per heavy atom. The smallest absolute Gasteiger partial charge is 0.306 e. The largest absolute Gasteiger partial charge is 0.481 e. The van der Waals surface area contributed by atoms with Gasteiger partial charge >= 0.3 is 5.97 Å². The Kier molecular flexibility index (Phi) is 5.19. The minimum absolute atomic E-state index is 0.114. The molecule has 0 saturated carbocycles. The summed E-state index contributed by atoms with van der Waals surface area (Å²) in [6.07, 6.45) is 0.301. The number of carbonyl (C=O) groups is 2. The fourth-order valence-electron chi connectivity index (χ4n) is 1.69. The molecule has 0 saturated heterocycles. The van der Waals surface area contributed by atoms with Crippen LogP contribution in [0.5, 0.6) is 0 Å². The van der Waals surface area contributed by atoms with E-state index in [0.29, 0.717) is 12.0 Å². The van der Waals surface area contributed by atoms with Crippen molar-refractivity contribution in [2.45, 2.75) is 20.3 Å². The highest BCUT2D eigenvalue weighted by molar-refractivity contribution is 5.96. The normalized spacial score (nSPS) is 11.7. The van der Waals surface area contributed by atoms with Gasteiger partial charge in [-0.1, -0.05) is 13.0 Å². The Bertz CT molecular complexity index is 542. The van der Waals surface area contributed by atoms with Crippen LogP contribution in [0.4, 0.5) is 5.69 Å². The Balaban J connectivity index is 2.71. The lowest BCUT2D eigenvalue weighted by atomic mass is 10.1. The third kappa shape index (κ3) is 3.78. The molecule has 0 aliphatic carbocycles. The second kappa shape index (κ2) is 6.65. The van der Waals surface area contributed by atoms with E-state index in [0.717, 1.165) is 0 Å². The van der Waals surface area contributed by atoms with Gasteiger partial charge in [0.05, 0.1) is 10.8 Å². The molecular formula is C13H16N2O5. The van der Waals surface area contributed by atoms with Gasteiger partial charge in [-0.15, -0.1) is 0 Å². The zero-order chi connectivity index (χ0) is 15.3. The third-order valence-electron chi connectivity index (χ3n) is 3.03. The average Bonchev–Trinajstić information content (AvgIpc) is 2.38. The van der Waals surface area contributed by atoms with Gasteiger partial charge < -0.3 is 10.4 Å². The minimum Gasteiger partial charge on any atom is -0.481 e. The average molecular weight is 280 g/mol. The number of carbonyl (C=O) groups excluding carboxylic acids is 1. The van der Waals surface area contributed by atoms with E-state index in [1.807, 2.05) is 0 Å². The van der Waals surface area contributed by atoms with Crippen molar-refractivity contribution in [2.75, 3.05) is 6.54 Å². The zero-order valence-corrected chi connectivity index (χ0v) is 11.3. The number of nitrogens with one attached hydrogen (secondary N) is 1. The quantitative estimate of drug-likeness (QED) is 0.609. The second-order valence-electron chi connectivity index (χ2n) is 4.49. The summed E-state index contributed by atoms with van der Waals surface area (Å²) in [6, 6.07) is 4.27. The lowest BCUT2D eigenvalue weighted by molar-refractivity contribution is -0.385. The maximum Gasteiger partial charge on any atom is 0.306 e. The number of nitrogens with zero attached hydrogens (tertiary/aromatic N) is 1. The van der Waals surface area contributed by atoms with Crippen molar-refractivity contribution >= 4 is 17.6 Å². The van der Waals surface area contributed by atoms with E-state index in [9.17, 15) is 19.7 Å². The number of nitro groups is 1. The van der Waals surface area contributed by atoms with E-state index >= 15 is 0 Å². The molecule has 0 heterocycles. The maximum absolute atomic E-state index is 11.9. The Hall–Kier alpha value is -2.44. The molecule has 1 rings (SSSR count). The van der Waals surface area contributed by atoms with Crippen molar-refractivity contribution in [3.8, 4) is 0 Å². The van der Waals surface area contributed by atoms with E-state index in [-0.39, 0.29) is 17.8 Å². The number of carboxylic acids is 1. The van der Waals surface area contributed by atoms with E-state index in [1.165, 1.54) is 25.1 Å². The summed E-state index contributed by atoms with van der Waals surface area (Å²) in [7, 11) is 0. The lowest BCUT2D eigenvalue weighted by Gasteiger charge is -2.09. The summed E-state index contributed by atoms with van der Waals surface area (Å²) in [4.78, 5) is 32.8. The van der Waals surface area contributed by atoms with Gasteiger partial charge in [0, 0.05) is 23.7 Å². The van der Waals surface area contributed by atoms with E-state index in [2.05, 4.69) is 5.32 Å². The summed E-state index contributed by atoms with van der Waals surface area (Å²) >= 11 is 0. The fourth-order valence-corrected chi connectivity index (χ4v) is 1.69. The predicted molar refractivity (Wildman–Crippen MR) is 71.6 cm³/mol. The van der Waals surface area contributed by atoms with Crippen molar-refractivity contribution in [1.82, 2.24) is 5.32 Å². The van der Waals surface area contributed by atoms with Crippen LogP contribution in [-0.4, -0.2) is 28.5 Å². The second-order valence-corrected chi connectivity index (χ2v) is 4.49. The van der Waals surface area contributed by atoms with Crippen LogP contribution < -0.4 is 5.32 Å². The SMILES string of the molecule is Cc1c(C(=O)NCCC(C)C(=O)O)cccc1[N+](=O)[O-]. The summed E-state index contributed by atoms with van der Waals surface area (Å²) in [5, 5.41) is 22.1. The molecule has 1 amide bonds. The predicted octanol–water partition coefficient (Wildman–Crippen LogP) is 1.74. The van der Waals surface area contributed by atoms with E-state index in [1.54, 1.807) is 6.92 Å². The van der Waals surface area contributed by atoms with Gasteiger partial charge in [0.1, 0.15) is 0 Å². The molecule has 2 N–H and O–H groups in total. The molecule has 0 aliphatic heterocycles. The number of amides is 1. The van der Waals surface area contributed by atoms with Crippen molar-refractivity contribution < 1.29 is 19.6 Å². The number of benzene rings is 1. The molecule has 1 unspecified atom stereocenters. The Morgan fingerprint density at radius 2 is 2.10 bits per heavy atom. The molecular weight excluding hydrogens is 264 g/mol. The van der Waals surface area contributed by atoms with Crippen LogP contribution in [0, 0.1) is 23.0 Å². The van der Waals surface area contributed by atoms with Gasteiger partial charge in [-0.05, 0) is 19.4 Å². The third-order valence-corrected chi connectivity index (χ3v) is 3.03. The summed E-state index contributed by atoms with van der Waals surface area (Å²) in [6.45, 7) is 3.26. The molecule has 1 aromatic carbocycles. The number of rotatable bonds is 6. The summed E-state index contributed by atoms with van der Waals surface area (Å²) in [5.41, 5.74) is 0.403. The fraction of sp³-hybridized carbons (Fsp3) is 0.385. The highest BCUT2D eigenvalue weighted by Gasteiger charge is 2.18. The van der Waals surface area contributed by atoms with Gasteiger partial charge in [0.2, 0.25) is 0 Å². The Morgan fingerprint density at radius 1 is 1.45 bits per heavy atom. The van der Waals surface area contributed by atoms with Crippen LogP contribution in [0.3, 0.4) is 0 Å². The molecule has 0 fully saturated rings. The topological polar surface area (TPSA) is 110 Å². The van der Waals surface area contributed by atoms with E-state index < -0.39 is 22.7 Å². The first-order valence-corrected chi connectivity index (χ1v) is 6.09. The summed E-state index contributed by atoms with van der Waals surface area (Å²) in [5.74, 6) is -1.92. The van der Waals surface area contributed by atoms with Gasteiger partial charge in [0.25, 0.3) is 11.6 Å². The number of hydrogen-bond acceptors (Lipinski definition) is 4. The van der Waals surface area contributed by atoms with Crippen molar-refractivity contribution in [3.05, 3.63) is 39.4 Å². The first kappa shape index (κ1) is 15.6. The molecule has 0 aromatic heterocycles. The van der Waals surface area contributed by atoms with Crippen LogP contribution in [0.25, 0.3) is 0 Å². The zero-order valence-electron chi connectivity index (χ0n) is 11.3. The number of hydrogen-bond donors (Lipinski definition) is 2. The van der Waals surface area contributed by atoms with Crippen LogP contribution in [0.1, 0.15) is 29.3 Å². The van der Waals surface area contributed by atoms with Gasteiger partial charge in [0.15, 0.2) is 0 Å². The molecule has 20 heavy (non-hydrogen) atoms. The highest BCUT2D eigenvalue weighted by Crippen LogP contribution is 2.20. The molecule has 0 bridgehead atoms. The number of nitro benzene ring substituents is 1. The van der Waals surface area contributed by atoms with E-state index in [4.69, 9.17) is 5.11 Å². The number of carboxylic acid groups (broad SMARTS) is 1. The molecule has 7 nitrogen and oxygen atoms in total. The molecule has 0 radical (unpaired) electrons. The van der Waals surface area contributed by atoms with Crippen LogP contribution in [0.15, 0.2) is 18.2 Å². The Labute approximate surface area is 115 Å². The monoisotopic (exact) mass is 280 g/mol. The lowest BCUT2D eigenvalue weighted by Crippen LogP contribution is -2.27. The van der Waals surface area contributed by atoms with Gasteiger partial charge in [-0.2, -0.15) is 0 Å². The van der Waals surface area contributed by atoms with Crippen LogP contribution in [-0.2, 0) is 4.79 Å². The highest BCUT2D eigenvalue weighted by atomic mass is 16.6. The molecule has 0 spiro atoms. The summed E-state index contributed by atoms with van der Waals surface area (Å²) < 4.78 is 0. The van der Waals surface area contributed by atoms with Crippen molar-refractivity contribution in [3.63, 3.8) is 0 Å². The van der Waals surface area contributed by atoms with Crippen molar-refractivity contribution in [1.29, 1.82) is 0 Å². The van der Waals surface area contributed by atoms with Gasteiger partial charge in [-0.25, -0.2) is 0 Å². The van der Waals surface area contributed by atoms with Crippen molar-refractivity contribution in [2.24, 2.45) is 5.92 Å². The van der Waals surface area contributed by atoms with Crippen LogP contribution >= 0.6 is 0 Å². The van der Waals surface area contributed by atoms with Crippen LogP contribution in [0.2, 0.25) is 0 Å². The maximum atomic E-state index is 11.9. The minimum atomic E-state index is -0.925.